The molecular formula is C25H33N9O. The van der Waals surface area contributed by atoms with Gasteiger partial charge in [0.2, 0.25) is 11.8 Å². The van der Waals surface area contributed by atoms with Crippen LogP contribution in [0, 0.1) is 5.41 Å². The number of hydrogen-bond acceptors (Lipinski definition) is 8. The van der Waals surface area contributed by atoms with Crippen molar-refractivity contribution in [1.29, 1.82) is 0 Å². The number of anilines is 3. The molecule has 1 aliphatic rings. The number of piperazine rings is 1. The maximum atomic E-state index is 6.20. The van der Waals surface area contributed by atoms with E-state index in [-0.39, 0.29) is 5.41 Å². The predicted octanol–water partition coefficient (Wildman–Crippen LogP) is 3.19. The Balaban J connectivity index is 1.48. The first-order valence-electron chi connectivity index (χ1n) is 12.0. The summed E-state index contributed by atoms with van der Waals surface area (Å²) in [6, 6.07) is 8.10. The lowest BCUT2D eigenvalue weighted by atomic mass is 9.99. The Morgan fingerprint density at radius 1 is 1.09 bits per heavy atom. The lowest BCUT2D eigenvalue weighted by Crippen LogP contribution is -2.43. The molecule has 10 nitrogen and oxygen atoms in total. The number of ether oxygens (including phenoxy) is 1. The Hall–Kier alpha value is -3.66. The van der Waals surface area contributed by atoms with Crippen LogP contribution in [0.2, 0.25) is 0 Å². The van der Waals surface area contributed by atoms with Crippen molar-refractivity contribution in [1.82, 2.24) is 34.6 Å². The van der Waals surface area contributed by atoms with Gasteiger partial charge in [0.1, 0.15) is 11.5 Å². The van der Waals surface area contributed by atoms with Crippen molar-refractivity contribution in [2.75, 3.05) is 43.0 Å². The van der Waals surface area contributed by atoms with Crippen LogP contribution in [0.25, 0.3) is 11.0 Å². The highest BCUT2D eigenvalue weighted by atomic mass is 16.5. The molecule has 10 heteroatoms. The van der Waals surface area contributed by atoms with Crippen molar-refractivity contribution in [2.45, 2.75) is 27.3 Å². The number of fused-ring (bicyclic) bond motifs is 1. The smallest absolute Gasteiger partial charge is 0.233 e. The number of rotatable bonds is 7. The first-order chi connectivity index (χ1) is 16.9. The fraction of sp³-hybridized carbons (Fsp3) is 0.440. The molecule has 1 aliphatic heterocycles. The summed E-state index contributed by atoms with van der Waals surface area (Å²) in [5.74, 6) is 1.72. The van der Waals surface area contributed by atoms with Gasteiger partial charge in [-0.15, -0.1) is 0 Å². The van der Waals surface area contributed by atoms with Crippen LogP contribution < -0.4 is 20.3 Å². The molecule has 5 rings (SSSR count). The van der Waals surface area contributed by atoms with Crippen molar-refractivity contribution in [3.05, 3.63) is 48.5 Å². The van der Waals surface area contributed by atoms with Gasteiger partial charge in [-0.2, -0.15) is 15.1 Å². The van der Waals surface area contributed by atoms with E-state index in [1.54, 1.807) is 6.20 Å². The molecule has 1 fully saturated rings. The third kappa shape index (κ3) is 5.37. The van der Waals surface area contributed by atoms with Crippen molar-refractivity contribution in [2.24, 2.45) is 12.5 Å². The molecule has 4 aromatic rings. The molecule has 0 amide bonds. The second-order valence-corrected chi connectivity index (χ2v) is 10.1. The Morgan fingerprint density at radius 3 is 2.66 bits per heavy atom. The number of aromatic nitrogens is 6. The number of pyridine rings is 1. The molecule has 0 bridgehead atoms. The SMILES string of the molecule is Cn1nccc1Cn1ccc2c(OCC(C)(C)C)nc(Nc3cc(N4CCNCC4)ccn3)nc21. The summed E-state index contributed by atoms with van der Waals surface area (Å²) in [6.07, 6.45) is 5.64. The zero-order chi connectivity index (χ0) is 24.4. The van der Waals surface area contributed by atoms with Crippen LogP contribution in [-0.4, -0.2) is 62.1 Å². The van der Waals surface area contributed by atoms with E-state index in [2.05, 4.69) is 51.0 Å². The van der Waals surface area contributed by atoms with E-state index < -0.39 is 0 Å². The largest absolute Gasteiger partial charge is 0.477 e. The van der Waals surface area contributed by atoms with Gasteiger partial charge >= 0.3 is 0 Å². The van der Waals surface area contributed by atoms with Crippen LogP contribution in [-0.2, 0) is 13.6 Å². The molecule has 0 radical (unpaired) electrons. The molecule has 184 valence electrons. The fourth-order valence-corrected chi connectivity index (χ4v) is 4.07. The number of aryl methyl sites for hydroxylation is 1. The number of nitrogens with zero attached hydrogens (tertiary/aromatic N) is 7. The lowest BCUT2D eigenvalue weighted by Gasteiger charge is -2.29. The molecular weight excluding hydrogens is 442 g/mol. The quantitative estimate of drug-likeness (QED) is 0.421. The maximum Gasteiger partial charge on any atom is 0.233 e. The molecule has 2 N–H and O–H groups in total. The van der Waals surface area contributed by atoms with Gasteiger partial charge in [-0.1, -0.05) is 20.8 Å². The van der Waals surface area contributed by atoms with E-state index in [4.69, 9.17) is 14.7 Å². The summed E-state index contributed by atoms with van der Waals surface area (Å²) < 4.78 is 10.2. The van der Waals surface area contributed by atoms with Crippen LogP contribution in [0.4, 0.5) is 17.5 Å². The van der Waals surface area contributed by atoms with Gasteiger partial charge in [-0.05, 0) is 23.6 Å². The van der Waals surface area contributed by atoms with E-state index in [0.29, 0.717) is 30.8 Å². The molecule has 0 saturated carbocycles. The monoisotopic (exact) mass is 475 g/mol. The molecule has 0 spiro atoms. The van der Waals surface area contributed by atoms with Gasteiger partial charge in [0.05, 0.1) is 24.2 Å². The third-order valence-corrected chi connectivity index (χ3v) is 5.95. The minimum atomic E-state index is 0.00132. The first-order valence-corrected chi connectivity index (χ1v) is 12.0. The second-order valence-electron chi connectivity index (χ2n) is 10.1. The molecule has 0 atom stereocenters. The average molecular weight is 476 g/mol. The first kappa shape index (κ1) is 23.1. The molecule has 35 heavy (non-hydrogen) atoms. The van der Waals surface area contributed by atoms with Crippen molar-refractivity contribution < 1.29 is 4.74 Å². The van der Waals surface area contributed by atoms with Crippen LogP contribution in [0.5, 0.6) is 5.88 Å². The normalized spacial score (nSPS) is 14.5. The molecule has 0 aliphatic carbocycles. The molecule has 1 saturated heterocycles. The highest BCUT2D eigenvalue weighted by Gasteiger charge is 2.18. The van der Waals surface area contributed by atoms with Gasteiger partial charge in [0.15, 0.2) is 0 Å². The lowest BCUT2D eigenvalue weighted by molar-refractivity contribution is 0.194. The van der Waals surface area contributed by atoms with E-state index >= 15 is 0 Å². The second kappa shape index (κ2) is 9.53. The van der Waals surface area contributed by atoms with Gasteiger partial charge in [-0.25, -0.2) is 4.98 Å². The Kier molecular flexibility index (Phi) is 6.29. The average Bonchev–Trinajstić information content (AvgIpc) is 3.44. The van der Waals surface area contributed by atoms with E-state index in [1.807, 2.05) is 48.4 Å². The summed E-state index contributed by atoms with van der Waals surface area (Å²) in [5, 5.41) is 11.9. The van der Waals surface area contributed by atoms with Crippen molar-refractivity contribution >= 4 is 28.5 Å². The van der Waals surface area contributed by atoms with E-state index in [0.717, 1.165) is 48.6 Å². The Bertz CT molecular complexity index is 1300. The van der Waals surface area contributed by atoms with Gasteiger partial charge in [0, 0.05) is 63.6 Å². The highest BCUT2D eigenvalue weighted by molar-refractivity contribution is 5.83. The summed E-state index contributed by atoms with van der Waals surface area (Å²) in [6.45, 7) is 11.5. The Morgan fingerprint density at radius 2 is 1.91 bits per heavy atom. The summed E-state index contributed by atoms with van der Waals surface area (Å²) in [5.41, 5.74) is 3.01. The summed E-state index contributed by atoms with van der Waals surface area (Å²) in [7, 11) is 1.94. The van der Waals surface area contributed by atoms with Crippen molar-refractivity contribution in [3.63, 3.8) is 0 Å². The summed E-state index contributed by atoms with van der Waals surface area (Å²) in [4.78, 5) is 16.5. The van der Waals surface area contributed by atoms with Crippen LogP contribution in [0.1, 0.15) is 26.5 Å². The zero-order valence-corrected chi connectivity index (χ0v) is 20.8. The van der Waals surface area contributed by atoms with E-state index in [9.17, 15) is 0 Å². The third-order valence-electron chi connectivity index (χ3n) is 5.95. The number of nitrogens with one attached hydrogen (secondary N) is 2. The molecule has 4 aromatic heterocycles. The fourth-order valence-electron chi connectivity index (χ4n) is 4.07. The Labute approximate surface area is 205 Å². The highest BCUT2D eigenvalue weighted by Crippen LogP contribution is 2.29. The minimum Gasteiger partial charge on any atom is -0.477 e. The maximum absolute atomic E-state index is 6.20. The molecule has 5 heterocycles. The predicted molar refractivity (Wildman–Crippen MR) is 137 cm³/mol. The molecule has 0 aromatic carbocycles. The van der Waals surface area contributed by atoms with E-state index in [1.165, 1.54) is 0 Å². The van der Waals surface area contributed by atoms with Crippen molar-refractivity contribution in [3.8, 4) is 5.88 Å². The van der Waals surface area contributed by atoms with Crippen LogP contribution in [0.3, 0.4) is 0 Å². The van der Waals surface area contributed by atoms with Crippen LogP contribution >= 0.6 is 0 Å². The van der Waals surface area contributed by atoms with Gasteiger partial charge in [0.25, 0.3) is 0 Å². The summed E-state index contributed by atoms with van der Waals surface area (Å²) >= 11 is 0. The number of hydrogen-bond donors (Lipinski definition) is 2. The van der Waals surface area contributed by atoms with Gasteiger partial charge < -0.3 is 24.8 Å². The standard InChI is InChI=1S/C25H33N9O/c1-25(2,3)17-35-23-20-7-12-34(16-19-6-9-28-32(19)4)22(20)30-24(31-23)29-21-15-18(5-8-27-21)33-13-10-26-11-14-33/h5-9,12,15,26H,10-11,13-14,16-17H2,1-4H3,(H,27,29,30,31). The van der Waals surface area contributed by atoms with Gasteiger partial charge in [-0.3, -0.25) is 4.68 Å². The topological polar surface area (TPSA) is 98.0 Å². The molecule has 0 unspecified atom stereocenters. The zero-order valence-electron chi connectivity index (χ0n) is 20.8. The van der Waals surface area contributed by atoms with Crippen LogP contribution in [0.15, 0.2) is 42.9 Å². The minimum absolute atomic E-state index is 0.00132.